The van der Waals surface area contributed by atoms with Crippen LogP contribution in [-0.2, 0) is 0 Å². The van der Waals surface area contributed by atoms with E-state index in [2.05, 4.69) is 17.0 Å². The van der Waals surface area contributed by atoms with Crippen LogP contribution in [0.15, 0.2) is 48.5 Å². The standard InChI is InChI=1S/C16H14ClN3/c1-11-3-7-13(8-4-11)15-18-16(17)20(19-15)14-9-5-12(2)6-10-14/h3-10H,1-2H3. The summed E-state index contributed by atoms with van der Waals surface area (Å²) in [6.07, 6.45) is 0. The summed E-state index contributed by atoms with van der Waals surface area (Å²) in [5, 5.41) is 4.85. The van der Waals surface area contributed by atoms with Gasteiger partial charge in [-0.3, -0.25) is 0 Å². The topological polar surface area (TPSA) is 30.7 Å². The van der Waals surface area contributed by atoms with Gasteiger partial charge in [0, 0.05) is 5.56 Å². The molecule has 4 heteroatoms. The largest absolute Gasteiger partial charge is 0.226 e. The van der Waals surface area contributed by atoms with Crippen molar-refractivity contribution in [3.05, 3.63) is 64.9 Å². The van der Waals surface area contributed by atoms with Crippen LogP contribution in [0.25, 0.3) is 17.1 Å². The number of hydrogen-bond donors (Lipinski definition) is 0. The number of hydrogen-bond acceptors (Lipinski definition) is 2. The molecular formula is C16H14ClN3. The second-order valence-electron chi connectivity index (χ2n) is 4.82. The van der Waals surface area contributed by atoms with E-state index >= 15 is 0 Å². The first-order chi connectivity index (χ1) is 9.63. The highest BCUT2D eigenvalue weighted by molar-refractivity contribution is 6.28. The first kappa shape index (κ1) is 12.9. The zero-order chi connectivity index (χ0) is 14.1. The van der Waals surface area contributed by atoms with Crippen molar-refractivity contribution in [2.75, 3.05) is 0 Å². The van der Waals surface area contributed by atoms with E-state index in [4.69, 9.17) is 11.6 Å². The fourth-order valence-corrected chi connectivity index (χ4v) is 2.18. The Bertz CT molecular complexity index is 727. The molecule has 20 heavy (non-hydrogen) atoms. The van der Waals surface area contributed by atoms with E-state index in [0.29, 0.717) is 11.1 Å². The molecule has 0 aliphatic rings. The molecule has 0 atom stereocenters. The van der Waals surface area contributed by atoms with Crippen LogP contribution in [0.3, 0.4) is 0 Å². The molecule has 1 heterocycles. The van der Waals surface area contributed by atoms with E-state index < -0.39 is 0 Å². The molecule has 0 saturated carbocycles. The Morgan fingerprint density at radius 2 is 1.40 bits per heavy atom. The maximum atomic E-state index is 6.19. The van der Waals surface area contributed by atoms with Gasteiger partial charge in [-0.15, -0.1) is 5.10 Å². The van der Waals surface area contributed by atoms with Crippen LogP contribution in [0.2, 0.25) is 5.28 Å². The van der Waals surface area contributed by atoms with Crippen molar-refractivity contribution in [1.29, 1.82) is 0 Å². The third-order valence-electron chi connectivity index (χ3n) is 3.16. The average Bonchev–Trinajstić information content (AvgIpc) is 2.82. The van der Waals surface area contributed by atoms with Crippen molar-refractivity contribution in [3.8, 4) is 17.1 Å². The van der Waals surface area contributed by atoms with Crippen molar-refractivity contribution in [2.24, 2.45) is 0 Å². The number of rotatable bonds is 2. The fourth-order valence-electron chi connectivity index (χ4n) is 1.97. The first-order valence-electron chi connectivity index (χ1n) is 6.40. The number of aryl methyl sites for hydroxylation is 2. The van der Waals surface area contributed by atoms with Gasteiger partial charge in [0.05, 0.1) is 5.69 Å². The zero-order valence-corrected chi connectivity index (χ0v) is 12.1. The van der Waals surface area contributed by atoms with Crippen LogP contribution in [-0.4, -0.2) is 14.8 Å². The van der Waals surface area contributed by atoms with Gasteiger partial charge < -0.3 is 0 Å². The molecule has 0 N–H and O–H groups in total. The lowest BCUT2D eigenvalue weighted by atomic mass is 10.1. The van der Waals surface area contributed by atoms with Crippen LogP contribution in [0.4, 0.5) is 0 Å². The molecule has 0 amide bonds. The predicted molar refractivity (Wildman–Crippen MR) is 81.3 cm³/mol. The molecule has 0 unspecified atom stereocenters. The third kappa shape index (κ3) is 2.45. The summed E-state index contributed by atoms with van der Waals surface area (Å²) in [5.41, 5.74) is 4.27. The summed E-state index contributed by atoms with van der Waals surface area (Å²) in [6, 6.07) is 16.1. The van der Waals surface area contributed by atoms with Gasteiger partial charge in [0.15, 0.2) is 5.82 Å². The molecule has 0 aliphatic heterocycles. The van der Waals surface area contributed by atoms with E-state index in [1.165, 1.54) is 11.1 Å². The van der Waals surface area contributed by atoms with Crippen molar-refractivity contribution < 1.29 is 0 Å². The van der Waals surface area contributed by atoms with Crippen LogP contribution in [0.5, 0.6) is 0 Å². The van der Waals surface area contributed by atoms with Gasteiger partial charge >= 0.3 is 0 Å². The molecular weight excluding hydrogens is 270 g/mol. The highest BCUT2D eigenvalue weighted by Gasteiger charge is 2.11. The molecule has 0 bridgehead atoms. The lowest BCUT2D eigenvalue weighted by Gasteiger charge is -2.01. The number of benzene rings is 2. The Balaban J connectivity index is 2.02. The summed E-state index contributed by atoms with van der Waals surface area (Å²) < 4.78 is 1.65. The van der Waals surface area contributed by atoms with E-state index in [1.807, 2.05) is 55.5 Å². The Kier molecular flexibility index (Phi) is 3.28. The van der Waals surface area contributed by atoms with Crippen molar-refractivity contribution in [2.45, 2.75) is 13.8 Å². The minimum absolute atomic E-state index is 0.365. The summed E-state index contributed by atoms with van der Waals surface area (Å²) in [5.74, 6) is 0.635. The quantitative estimate of drug-likeness (QED) is 0.705. The van der Waals surface area contributed by atoms with Gasteiger partial charge in [-0.2, -0.15) is 4.98 Å². The molecule has 2 aromatic carbocycles. The maximum absolute atomic E-state index is 6.19. The highest BCUT2D eigenvalue weighted by Crippen LogP contribution is 2.21. The molecule has 3 nitrogen and oxygen atoms in total. The fraction of sp³-hybridized carbons (Fsp3) is 0.125. The lowest BCUT2D eigenvalue weighted by Crippen LogP contribution is -1.96. The molecule has 0 spiro atoms. The molecule has 0 aliphatic carbocycles. The monoisotopic (exact) mass is 283 g/mol. The van der Waals surface area contributed by atoms with Gasteiger partial charge in [-0.1, -0.05) is 47.5 Å². The summed E-state index contributed by atoms with van der Waals surface area (Å²) in [6.45, 7) is 4.10. The highest BCUT2D eigenvalue weighted by atomic mass is 35.5. The first-order valence-corrected chi connectivity index (χ1v) is 6.78. The number of nitrogens with zero attached hydrogens (tertiary/aromatic N) is 3. The summed E-state index contributed by atoms with van der Waals surface area (Å²) >= 11 is 6.19. The summed E-state index contributed by atoms with van der Waals surface area (Å²) in [4.78, 5) is 4.33. The molecule has 3 rings (SSSR count). The molecule has 0 radical (unpaired) electrons. The maximum Gasteiger partial charge on any atom is 0.226 e. The van der Waals surface area contributed by atoms with Gasteiger partial charge in [-0.25, -0.2) is 4.68 Å². The third-order valence-corrected chi connectivity index (χ3v) is 3.40. The molecule has 0 saturated heterocycles. The second kappa shape index (κ2) is 5.10. The summed E-state index contributed by atoms with van der Waals surface area (Å²) in [7, 11) is 0. The Hall–Kier alpha value is -2.13. The lowest BCUT2D eigenvalue weighted by molar-refractivity contribution is 0.882. The molecule has 3 aromatic rings. The van der Waals surface area contributed by atoms with E-state index in [9.17, 15) is 0 Å². The van der Waals surface area contributed by atoms with Crippen LogP contribution in [0, 0.1) is 13.8 Å². The van der Waals surface area contributed by atoms with Gasteiger partial charge in [-0.05, 0) is 37.6 Å². The SMILES string of the molecule is Cc1ccc(-c2nc(Cl)n(-c3ccc(C)cc3)n2)cc1. The Morgan fingerprint density at radius 1 is 0.850 bits per heavy atom. The van der Waals surface area contributed by atoms with Crippen molar-refractivity contribution in [3.63, 3.8) is 0 Å². The number of halogens is 1. The van der Waals surface area contributed by atoms with E-state index in [0.717, 1.165) is 11.3 Å². The van der Waals surface area contributed by atoms with Gasteiger partial charge in [0.2, 0.25) is 5.28 Å². The van der Waals surface area contributed by atoms with Crippen molar-refractivity contribution >= 4 is 11.6 Å². The minimum atomic E-state index is 0.365. The predicted octanol–water partition coefficient (Wildman–Crippen LogP) is 4.20. The van der Waals surface area contributed by atoms with Gasteiger partial charge in [0.25, 0.3) is 0 Å². The smallest absolute Gasteiger partial charge is 0.203 e. The van der Waals surface area contributed by atoms with E-state index in [1.54, 1.807) is 4.68 Å². The molecule has 1 aromatic heterocycles. The average molecular weight is 284 g/mol. The Morgan fingerprint density at radius 3 is 2.00 bits per heavy atom. The van der Waals surface area contributed by atoms with Crippen molar-refractivity contribution in [1.82, 2.24) is 14.8 Å². The van der Waals surface area contributed by atoms with E-state index in [-0.39, 0.29) is 0 Å². The van der Waals surface area contributed by atoms with Gasteiger partial charge in [0.1, 0.15) is 0 Å². The minimum Gasteiger partial charge on any atom is -0.203 e. The van der Waals surface area contributed by atoms with Crippen LogP contribution < -0.4 is 0 Å². The zero-order valence-electron chi connectivity index (χ0n) is 11.3. The molecule has 0 fully saturated rings. The Labute approximate surface area is 122 Å². The molecule has 100 valence electrons. The normalized spacial score (nSPS) is 10.8. The van der Waals surface area contributed by atoms with Crippen LogP contribution in [0.1, 0.15) is 11.1 Å². The second-order valence-corrected chi connectivity index (χ2v) is 5.16. The van der Waals surface area contributed by atoms with Crippen LogP contribution >= 0.6 is 11.6 Å². The number of aromatic nitrogens is 3.